The summed E-state index contributed by atoms with van der Waals surface area (Å²) in [6.45, 7) is 19.6. The van der Waals surface area contributed by atoms with Crippen LogP contribution in [0.1, 0.15) is 107 Å². The van der Waals surface area contributed by atoms with Crippen molar-refractivity contribution >= 4 is 12.2 Å². The zero-order valence-corrected chi connectivity index (χ0v) is 31.1. The fraction of sp³-hybridized carbons (Fsp3) is 0.500. The maximum atomic E-state index is 12.8. The van der Waals surface area contributed by atoms with Crippen molar-refractivity contribution in [2.75, 3.05) is 0 Å². The molecule has 2 atom stereocenters. The SMILES string of the molecule is CC(C)(C)OC(=O)NC(C)(c1ncc(-c2ccc(-c3ccc(-c4cnc(C(C)(NC(=O)OC(C)(C)C)C5(C)CC5)[nH]4)cc3)cc2)[nH]1)C1(C)CC1. The third-order valence-electron chi connectivity index (χ3n) is 10.7. The number of rotatable bonds is 9. The van der Waals surface area contributed by atoms with Gasteiger partial charge in [0.2, 0.25) is 0 Å². The molecule has 4 aromatic rings. The maximum absolute atomic E-state index is 12.8. The summed E-state index contributed by atoms with van der Waals surface area (Å²) in [4.78, 5) is 42.1. The number of aromatic amines is 2. The van der Waals surface area contributed by atoms with Crippen LogP contribution in [0.3, 0.4) is 0 Å². The lowest BCUT2D eigenvalue weighted by atomic mass is 9.83. The molecule has 0 aliphatic heterocycles. The van der Waals surface area contributed by atoms with E-state index in [0.29, 0.717) is 11.6 Å². The molecule has 2 aromatic carbocycles. The van der Waals surface area contributed by atoms with Crippen LogP contribution in [-0.2, 0) is 20.6 Å². The van der Waals surface area contributed by atoms with E-state index in [1.807, 2.05) is 67.8 Å². The van der Waals surface area contributed by atoms with E-state index in [-0.39, 0.29) is 10.8 Å². The second kappa shape index (κ2) is 12.0. The Balaban J connectivity index is 1.16. The standard InChI is InChI=1S/C40H52N6O4/c1-35(2,3)49-33(47)45-39(9,37(7)19-20-37)31-41-23-29(43-31)27-15-11-25(12-16-27)26-13-17-28(18-14-26)30-24-42-32(44-30)40(10,38(8)21-22-38)46-34(48)50-36(4,5)6/h11-18,23-24H,19-22H2,1-10H3,(H,41,43)(H,42,44)(H,45,47)(H,46,48). The van der Waals surface area contributed by atoms with E-state index < -0.39 is 34.5 Å². The first-order valence-corrected chi connectivity index (χ1v) is 17.6. The molecule has 0 radical (unpaired) electrons. The lowest BCUT2D eigenvalue weighted by molar-refractivity contribution is 0.0389. The number of hydrogen-bond acceptors (Lipinski definition) is 6. The third kappa shape index (κ3) is 7.02. The van der Waals surface area contributed by atoms with Gasteiger partial charge in [-0.1, -0.05) is 62.4 Å². The molecule has 2 fully saturated rings. The van der Waals surface area contributed by atoms with Crippen LogP contribution in [0.5, 0.6) is 0 Å². The summed E-state index contributed by atoms with van der Waals surface area (Å²) in [6, 6.07) is 16.7. The molecule has 2 aliphatic rings. The van der Waals surface area contributed by atoms with E-state index in [9.17, 15) is 9.59 Å². The lowest BCUT2D eigenvalue weighted by Crippen LogP contribution is -2.51. The number of nitrogens with zero attached hydrogens (tertiary/aromatic N) is 2. The minimum absolute atomic E-state index is 0.112. The molecule has 2 unspecified atom stereocenters. The van der Waals surface area contributed by atoms with Gasteiger partial charge in [0.1, 0.15) is 33.9 Å². The first-order chi connectivity index (χ1) is 23.2. The number of alkyl carbamates (subject to hydrolysis) is 2. The van der Waals surface area contributed by atoms with Crippen molar-refractivity contribution in [3.8, 4) is 33.6 Å². The summed E-state index contributed by atoms with van der Waals surface area (Å²) in [7, 11) is 0. The Bertz CT molecular complexity index is 1730. The van der Waals surface area contributed by atoms with E-state index >= 15 is 0 Å². The topological polar surface area (TPSA) is 134 Å². The molecule has 2 aromatic heterocycles. The van der Waals surface area contributed by atoms with Gasteiger partial charge in [0.05, 0.1) is 23.8 Å². The Morgan fingerprint density at radius 1 is 0.580 bits per heavy atom. The normalized spacial score (nSPS) is 18.7. The number of amides is 2. The van der Waals surface area contributed by atoms with Gasteiger partial charge >= 0.3 is 12.2 Å². The highest BCUT2D eigenvalue weighted by Gasteiger charge is 2.58. The van der Waals surface area contributed by atoms with Crippen LogP contribution in [-0.4, -0.2) is 43.3 Å². The molecular weight excluding hydrogens is 628 g/mol. The van der Waals surface area contributed by atoms with Gasteiger partial charge in [0.15, 0.2) is 0 Å². The van der Waals surface area contributed by atoms with Gasteiger partial charge in [-0.05, 0) is 114 Å². The van der Waals surface area contributed by atoms with Crippen LogP contribution in [0.15, 0.2) is 60.9 Å². The zero-order chi connectivity index (χ0) is 36.3. The highest BCUT2D eigenvalue weighted by Crippen LogP contribution is 2.58. The van der Waals surface area contributed by atoms with Crippen LogP contribution in [0.2, 0.25) is 0 Å². The number of hydrogen-bond donors (Lipinski definition) is 4. The van der Waals surface area contributed by atoms with Crippen molar-refractivity contribution in [2.24, 2.45) is 10.8 Å². The number of H-pyrrole nitrogens is 2. The van der Waals surface area contributed by atoms with Crippen molar-refractivity contribution in [1.82, 2.24) is 30.6 Å². The molecule has 10 heteroatoms. The molecule has 2 saturated carbocycles. The molecule has 0 spiro atoms. The quantitative estimate of drug-likeness (QED) is 0.139. The third-order valence-corrected chi connectivity index (χ3v) is 10.7. The van der Waals surface area contributed by atoms with Gasteiger partial charge in [0.25, 0.3) is 0 Å². The molecule has 0 saturated heterocycles. The van der Waals surface area contributed by atoms with Gasteiger partial charge < -0.3 is 30.1 Å². The smallest absolute Gasteiger partial charge is 0.408 e. The fourth-order valence-corrected chi connectivity index (χ4v) is 6.51. The van der Waals surface area contributed by atoms with E-state index in [0.717, 1.165) is 59.3 Å². The summed E-state index contributed by atoms with van der Waals surface area (Å²) in [6.07, 6.45) is 6.74. The van der Waals surface area contributed by atoms with Crippen LogP contribution in [0.25, 0.3) is 33.6 Å². The van der Waals surface area contributed by atoms with Crippen molar-refractivity contribution in [3.05, 3.63) is 72.6 Å². The summed E-state index contributed by atoms with van der Waals surface area (Å²) in [5.74, 6) is 1.43. The maximum Gasteiger partial charge on any atom is 0.408 e. The predicted molar refractivity (Wildman–Crippen MR) is 195 cm³/mol. The summed E-state index contributed by atoms with van der Waals surface area (Å²) in [5.41, 5.74) is 3.13. The molecule has 50 heavy (non-hydrogen) atoms. The molecule has 4 N–H and O–H groups in total. The Labute approximate surface area is 295 Å². The van der Waals surface area contributed by atoms with Crippen molar-refractivity contribution in [1.29, 1.82) is 0 Å². The largest absolute Gasteiger partial charge is 0.444 e. The van der Waals surface area contributed by atoms with Gasteiger partial charge in [-0.15, -0.1) is 0 Å². The van der Waals surface area contributed by atoms with Crippen molar-refractivity contribution < 1.29 is 19.1 Å². The van der Waals surface area contributed by atoms with Gasteiger partial charge in [-0.25, -0.2) is 19.6 Å². The predicted octanol–water partition coefficient (Wildman–Crippen LogP) is 9.21. The van der Waals surface area contributed by atoms with E-state index in [2.05, 4.69) is 83.0 Å². The Morgan fingerprint density at radius 2 is 0.880 bits per heavy atom. The average molecular weight is 681 g/mol. The highest BCUT2D eigenvalue weighted by molar-refractivity contribution is 5.73. The van der Waals surface area contributed by atoms with E-state index in [1.165, 1.54) is 0 Å². The number of imidazole rings is 2. The van der Waals surface area contributed by atoms with Crippen LogP contribution >= 0.6 is 0 Å². The Kier molecular flexibility index (Phi) is 8.47. The lowest BCUT2D eigenvalue weighted by Gasteiger charge is -2.36. The Morgan fingerprint density at radius 3 is 1.16 bits per heavy atom. The van der Waals surface area contributed by atoms with E-state index in [4.69, 9.17) is 19.4 Å². The van der Waals surface area contributed by atoms with Gasteiger partial charge in [-0.3, -0.25) is 0 Å². The molecule has 266 valence electrons. The molecule has 10 nitrogen and oxygen atoms in total. The van der Waals surface area contributed by atoms with Crippen LogP contribution in [0, 0.1) is 10.8 Å². The summed E-state index contributed by atoms with van der Waals surface area (Å²) < 4.78 is 11.2. The number of aromatic nitrogens is 4. The zero-order valence-electron chi connectivity index (χ0n) is 31.1. The minimum Gasteiger partial charge on any atom is -0.444 e. The summed E-state index contributed by atoms with van der Waals surface area (Å²) >= 11 is 0. The number of benzene rings is 2. The van der Waals surface area contributed by atoms with Gasteiger partial charge in [0, 0.05) is 0 Å². The molecule has 2 heterocycles. The second-order valence-electron chi connectivity index (χ2n) is 17.1. The number of carbonyl (C=O) groups is 2. The molecule has 0 bridgehead atoms. The van der Waals surface area contributed by atoms with Crippen LogP contribution in [0.4, 0.5) is 9.59 Å². The molecular formula is C40H52N6O4. The fourth-order valence-electron chi connectivity index (χ4n) is 6.51. The first-order valence-electron chi connectivity index (χ1n) is 17.6. The van der Waals surface area contributed by atoms with E-state index in [1.54, 1.807) is 0 Å². The Hall–Kier alpha value is -4.60. The van der Waals surface area contributed by atoms with Crippen LogP contribution < -0.4 is 10.6 Å². The second-order valence-corrected chi connectivity index (χ2v) is 17.1. The average Bonchev–Trinajstić information content (AvgIpc) is 3.80. The molecule has 2 amide bonds. The van der Waals surface area contributed by atoms with Gasteiger partial charge in [-0.2, -0.15) is 0 Å². The number of carbonyl (C=O) groups excluding carboxylic acids is 2. The highest BCUT2D eigenvalue weighted by atomic mass is 16.6. The van der Waals surface area contributed by atoms with Crippen molar-refractivity contribution in [3.63, 3.8) is 0 Å². The van der Waals surface area contributed by atoms with Crippen molar-refractivity contribution in [2.45, 2.75) is 117 Å². The molecule has 6 rings (SSSR count). The minimum atomic E-state index is -0.701. The first kappa shape index (κ1) is 35.2. The number of ether oxygens (including phenoxy) is 2. The monoisotopic (exact) mass is 680 g/mol. The summed E-state index contributed by atoms with van der Waals surface area (Å²) in [5, 5.41) is 6.26. The number of nitrogens with one attached hydrogen (secondary N) is 4. The molecule has 2 aliphatic carbocycles.